The van der Waals surface area contributed by atoms with Gasteiger partial charge in [-0.3, -0.25) is 0 Å². The van der Waals surface area contributed by atoms with E-state index in [-0.39, 0.29) is 0 Å². The second-order valence-electron chi connectivity index (χ2n) is 4.74. The standard InChI is InChI=1S/C11H22FN/c1-10(2)8-13-9-11(12)6-4-3-5-7-11/h10,13H,3-9H2,1-2H3. The first-order valence-electron chi connectivity index (χ1n) is 5.52. The number of halogens is 1. The first-order valence-corrected chi connectivity index (χ1v) is 5.52. The quantitative estimate of drug-likeness (QED) is 0.713. The lowest BCUT2D eigenvalue weighted by atomic mass is 9.86. The van der Waals surface area contributed by atoms with E-state index < -0.39 is 5.67 Å². The molecule has 0 aliphatic heterocycles. The summed E-state index contributed by atoms with van der Waals surface area (Å²) < 4.78 is 14.0. The van der Waals surface area contributed by atoms with Gasteiger partial charge in [-0.1, -0.05) is 33.1 Å². The molecule has 2 heteroatoms. The molecule has 78 valence electrons. The van der Waals surface area contributed by atoms with Crippen molar-refractivity contribution in [3.63, 3.8) is 0 Å². The van der Waals surface area contributed by atoms with Gasteiger partial charge in [0.2, 0.25) is 0 Å². The Hall–Kier alpha value is -0.110. The van der Waals surface area contributed by atoms with Gasteiger partial charge in [-0.05, 0) is 25.3 Å². The van der Waals surface area contributed by atoms with Gasteiger partial charge in [0.05, 0.1) is 0 Å². The molecule has 1 rings (SSSR count). The highest BCUT2D eigenvalue weighted by Gasteiger charge is 2.30. The minimum atomic E-state index is -0.896. The monoisotopic (exact) mass is 187 g/mol. The summed E-state index contributed by atoms with van der Waals surface area (Å²) >= 11 is 0. The summed E-state index contributed by atoms with van der Waals surface area (Å²) in [6.45, 7) is 5.80. The molecule has 1 aliphatic rings. The van der Waals surface area contributed by atoms with Crippen LogP contribution in [0, 0.1) is 5.92 Å². The average Bonchev–Trinajstić information content (AvgIpc) is 2.04. The van der Waals surface area contributed by atoms with E-state index in [1.165, 1.54) is 6.42 Å². The topological polar surface area (TPSA) is 12.0 Å². The third-order valence-corrected chi connectivity index (χ3v) is 2.74. The van der Waals surface area contributed by atoms with E-state index in [1.54, 1.807) is 0 Å². The molecule has 0 spiro atoms. The third kappa shape index (κ3) is 4.08. The zero-order valence-corrected chi connectivity index (χ0v) is 8.91. The fourth-order valence-electron chi connectivity index (χ4n) is 1.95. The van der Waals surface area contributed by atoms with Crippen LogP contribution in [-0.2, 0) is 0 Å². The molecule has 1 N–H and O–H groups in total. The molecule has 1 saturated carbocycles. The van der Waals surface area contributed by atoms with E-state index in [2.05, 4.69) is 19.2 Å². The predicted octanol–water partition coefficient (Wildman–Crippen LogP) is 2.90. The van der Waals surface area contributed by atoms with Crippen molar-refractivity contribution in [2.24, 2.45) is 5.92 Å². The van der Waals surface area contributed by atoms with Crippen LogP contribution >= 0.6 is 0 Å². The Labute approximate surface area is 81.1 Å². The highest BCUT2D eigenvalue weighted by molar-refractivity contribution is 4.84. The van der Waals surface area contributed by atoms with Crippen LogP contribution in [0.4, 0.5) is 4.39 Å². The Morgan fingerprint density at radius 2 is 1.85 bits per heavy atom. The van der Waals surface area contributed by atoms with Crippen molar-refractivity contribution >= 4 is 0 Å². The summed E-state index contributed by atoms with van der Waals surface area (Å²) in [7, 11) is 0. The Kier molecular flexibility index (Phi) is 4.17. The lowest BCUT2D eigenvalue weighted by molar-refractivity contribution is 0.105. The first-order chi connectivity index (χ1) is 6.12. The molecule has 13 heavy (non-hydrogen) atoms. The first kappa shape index (κ1) is 11.0. The van der Waals surface area contributed by atoms with Gasteiger partial charge in [0.1, 0.15) is 5.67 Å². The van der Waals surface area contributed by atoms with E-state index >= 15 is 0 Å². The summed E-state index contributed by atoms with van der Waals surface area (Å²) in [6, 6.07) is 0. The zero-order chi connectivity index (χ0) is 9.73. The molecular formula is C11H22FN. The van der Waals surface area contributed by atoms with Crippen molar-refractivity contribution in [3.05, 3.63) is 0 Å². The molecule has 0 aromatic carbocycles. The minimum absolute atomic E-state index is 0.561. The minimum Gasteiger partial charge on any atom is -0.313 e. The van der Waals surface area contributed by atoms with Crippen LogP contribution in [0.15, 0.2) is 0 Å². The average molecular weight is 187 g/mol. The Balaban J connectivity index is 2.17. The highest BCUT2D eigenvalue weighted by Crippen LogP contribution is 2.30. The molecule has 0 saturated heterocycles. The van der Waals surface area contributed by atoms with Crippen LogP contribution < -0.4 is 5.32 Å². The molecule has 0 aromatic heterocycles. The second-order valence-corrected chi connectivity index (χ2v) is 4.74. The van der Waals surface area contributed by atoms with Crippen LogP contribution in [0.1, 0.15) is 46.0 Å². The lowest BCUT2D eigenvalue weighted by Crippen LogP contribution is -2.39. The summed E-state index contributed by atoms with van der Waals surface area (Å²) in [5.74, 6) is 0.618. The molecule has 0 atom stereocenters. The van der Waals surface area contributed by atoms with Gasteiger partial charge in [0, 0.05) is 6.54 Å². The van der Waals surface area contributed by atoms with Crippen LogP contribution in [0.25, 0.3) is 0 Å². The van der Waals surface area contributed by atoms with E-state index in [9.17, 15) is 4.39 Å². The van der Waals surface area contributed by atoms with Crippen molar-refractivity contribution in [2.75, 3.05) is 13.1 Å². The van der Waals surface area contributed by atoms with E-state index in [0.717, 1.165) is 32.2 Å². The van der Waals surface area contributed by atoms with Crippen molar-refractivity contribution in [2.45, 2.75) is 51.6 Å². The van der Waals surface area contributed by atoms with Gasteiger partial charge in [0.25, 0.3) is 0 Å². The fourth-order valence-corrected chi connectivity index (χ4v) is 1.95. The summed E-state index contributed by atoms with van der Waals surface area (Å²) in [6.07, 6.45) is 4.88. The van der Waals surface area contributed by atoms with Crippen LogP contribution in [-0.4, -0.2) is 18.8 Å². The number of nitrogens with one attached hydrogen (secondary N) is 1. The Morgan fingerprint density at radius 3 is 2.38 bits per heavy atom. The summed E-state index contributed by atoms with van der Waals surface area (Å²) in [4.78, 5) is 0. The Morgan fingerprint density at radius 1 is 1.23 bits per heavy atom. The summed E-state index contributed by atoms with van der Waals surface area (Å²) in [5.41, 5.74) is -0.896. The maximum Gasteiger partial charge on any atom is 0.123 e. The molecule has 0 amide bonds. The van der Waals surface area contributed by atoms with Crippen LogP contribution in [0.3, 0.4) is 0 Å². The normalized spacial score (nSPS) is 22.2. The van der Waals surface area contributed by atoms with E-state index in [1.807, 2.05) is 0 Å². The Bertz CT molecular complexity index is 139. The van der Waals surface area contributed by atoms with Crippen LogP contribution in [0.2, 0.25) is 0 Å². The van der Waals surface area contributed by atoms with Gasteiger partial charge >= 0.3 is 0 Å². The molecule has 0 bridgehead atoms. The molecule has 0 aromatic rings. The highest BCUT2D eigenvalue weighted by atomic mass is 19.1. The molecule has 0 radical (unpaired) electrons. The van der Waals surface area contributed by atoms with Crippen molar-refractivity contribution in [1.82, 2.24) is 5.32 Å². The number of alkyl halides is 1. The smallest absolute Gasteiger partial charge is 0.123 e. The van der Waals surface area contributed by atoms with Gasteiger partial charge < -0.3 is 5.32 Å². The molecule has 1 nitrogen and oxygen atoms in total. The van der Waals surface area contributed by atoms with E-state index in [4.69, 9.17) is 0 Å². The third-order valence-electron chi connectivity index (χ3n) is 2.74. The van der Waals surface area contributed by atoms with Crippen molar-refractivity contribution in [3.8, 4) is 0 Å². The molecule has 1 aliphatic carbocycles. The van der Waals surface area contributed by atoms with Crippen molar-refractivity contribution in [1.29, 1.82) is 0 Å². The zero-order valence-electron chi connectivity index (χ0n) is 8.91. The maximum atomic E-state index is 14.0. The maximum absolute atomic E-state index is 14.0. The molecular weight excluding hydrogens is 165 g/mol. The van der Waals surface area contributed by atoms with Crippen LogP contribution in [0.5, 0.6) is 0 Å². The SMILES string of the molecule is CC(C)CNCC1(F)CCCCC1. The number of hydrogen-bond acceptors (Lipinski definition) is 1. The van der Waals surface area contributed by atoms with Gasteiger partial charge in [0.15, 0.2) is 0 Å². The molecule has 0 unspecified atom stereocenters. The fraction of sp³-hybridized carbons (Fsp3) is 1.00. The van der Waals surface area contributed by atoms with Gasteiger partial charge in [-0.25, -0.2) is 4.39 Å². The lowest BCUT2D eigenvalue weighted by Gasteiger charge is -2.29. The predicted molar refractivity (Wildman–Crippen MR) is 54.6 cm³/mol. The number of rotatable bonds is 4. The molecule has 0 heterocycles. The number of hydrogen-bond donors (Lipinski definition) is 1. The van der Waals surface area contributed by atoms with Gasteiger partial charge in [-0.2, -0.15) is 0 Å². The van der Waals surface area contributed by atoms with Crippen molar-refractivity contribution < 1.29 is 4.39 Å². The molecule has 1 fully saturated rings. The second kappa shape index (κ2) is 4.94. The largest absolute Gasteiger partial charge is 0.313 e. The summed E-state index contributed by atoms with van der Waals surface area (Å²) in [5, 5.41) is 3.22. The van der Waals surface area contributed by atoms with E-state index in [0.29, 0.717) is 12.5 Å². The van der Waals surface area contributed by atoms with Gasteiger partial charge in [-0.15, -0.1) is 0 Å².